The molecule has 0 radical (unpaired) electrons. The second kappa shape index (κ2) is 7.72. The summed E-state index contributed by atoms with van der Waals surface area (Å²) in [6.45, 7) is 3.71. The lowest BCUT2D eigenvalue weighted by atomic mass is 10.0. The fourth-order valence-electron chi connectivity index (χ4n) is 2.37. The Balaban J connectivity index is 2.32. The lowest BCUT2D eigenvalue weighted by Crippen LogP contribution is -2.35. The van der Waals surface area contributed by atoms with E-state index in [1.165, 1.54) is 20.3 Å². The molecule has 1 amide bonds. The first-order valence-corrected chi connectivity index (χ1v) is 7.45. The Labute approximate surface area is 140 Å². The number of hydrogen-bond donors (Lipinski definition) is 1. The second-order valence-electron chi connectivity index (χ2n) is 5.54. The summed E-state index contributed by atoms with van der Waals surface area (Å²) >= 11 is 0. The maximum Gasteiger partial charge on any atom is 0.407 e. The third-order valence-corrected chi connectivity index (χ3v) is 3.45. The van der Waals surface area contributed by atoms with Crippen LogP contribution in [0.15, 0.2) is 29.8 Å². The predicted octanol–water partition coefficient (Wildman–Crippen LogP) is 2.36. The summed E-state index contributed by atoms with van der Waals surface area (Å²) in [5, 5.41) is 2.65. The molecule has 0 aromatic heterocycles. The van der Waals surface area contributed by atoms with Gasteiger partial charge in [0, 0.05) is 6.08 Å². The van der Waals surface area contributed by atoms with E-state index in [0.717, 1.165) is 5.57 Å². The summed E-state index contributed by atoms with van der Waals surface area (Å²) < 4.78 is 21.0. The van der Waals surface area contributed by atoms with Gasteiger partial charge in [0.1, 0.15) is 12.6 Å². The summed E-state index contributed by atoms with van der Waals surface area (Å²) in [7, 11) is 3.06. The van der Waals surface area contributed by atoms with E-state index in [1.807, 2.05) is 0 Å². The Morgan fingerprint density at radius 1 is 1.29 bits per heavy atom. The number of benzene rings is 1. The van der Waals surface area contributed by atoms with Crippen LogP contribution in [-0.2, 0) is 14.3 Å². The monoisotopic (exact) mass is 335 g/mol. The average molecular weight is 335 g/mol. The first-order valence-electron chi connectivity index (χ1n) is 7.45. The number of carbonyl (C=O) groups is 2. The third kappa shape index (κ3) is 4.18. The van der Waals surface area contributed by atoms with Crippen molar-refractivity contribution >= 4 is 12.1 Å². The van der Waals surface area contributed by atoms with Crippen molar-refractivity contribution in [2.75, 3.05) is 20.8 Å². The maximum atomic E-state index is 12.0. The first kappa shape index (κ1) is 17.7. The van der Waals surface area contributed by atoms with Gasteiger partial charge in [-0.3, -0.25) is 0 Å². The van der Waals surface area contributed by atoms with Crippen LogP contribution >= 0.6 is 0 Å². The predicted molar refractivity (Wildman–Crippen MR) is 86.1 cm³/mol. The van der Waals surface area contributed by atoms with Crippen LogP contribution in [0.5, 0.6) is 11.5 Å². The number of carbonyl (C=O) groups excluding carboxylic acids is 2. The molecule has 1 aliphatic heterocycles. The number of rotatable bonds is 6. The van der Waals surface area contributed by atoms with E-state index in [9.17, 15) is 9.59 Å². The van der Waals surface area contributed by atoms with E-state index in [1.54, 1.807) is 32.0 Å². The molecule has 1 N–H and O–H groups in total. The number of amides is 1. The lowest BCUT2D eigenvalue weighted by Gasteiger charge is -2.23. The molecule has 7 nitrogen and oxygen atoms in total. The van der Waals surface area contributed by atoms with E-state index >= 15 is 0 Å². The Morgan fingerprint density at radius 2 is 2.00 bits per heavy atom. The molecule has 7 heteroatoms. The molecule has 0 aliphatic carbocycles. The van der Waals surface area contributed by atoms with Crippen LogP contribution in [0.4, 0.5) is 4.79 Å². The highest BCUT2D eigenvalue weighted by Crippen LogP contribution is 2.33. The molecule has 130 valence electrons. The van der Waals surface area contributed by atoms with Gasteiger partial charge < -0.3 is 24.3 Å². The largest absolute Gasteiger partial charge is 0.493 e. The van der Waals surface area contributed by atoms with Gasteiger partial charge in [0.2, 0.25) is 0 Å². The van der Waals surface area contributed by atoms with Gasteiger partial charge in [0.25, 0.3) is 0 Å². The van der Waals surface area contributed by atoms with Gasteiger partial charge in [-0.15, -0.1) is 0 Å². The molecule has 1 saturated heterocycles. The highest BCUT2D eigenvalue weighted by Gasteiger charge is 2.34. The number of alkyl carbamates (subject to hydrolysis) is 1. The van der Waals surface area contributed by atoms with Gasteiger partial charge in [-0.1, -0.05) is 11.6 Å². The Bertz CT molecular complexity index is 650. The summed E-state index contributed by atoms with van der Waals surface area (Å²) in [5.74, 6) is 0.571. The van der Waals surface area contributed by atoms with Crippen molar-refractivity contribution in [2.24, 2.45) is 0 Å². The second-order valence-corrected chi connectivity index (χ2v) is 5.54. The van der Waals surface area contributed by atoms with Gasteiger partial charge >= 0.3 is 12.1 Å². The normalized spacial score (nSPS) is 17.3. The minimum atomic E-state index is -0.709. The topological polar surface area (TPSA) is 83.1 Å². The van der Waals surface area contributed by atoms with Gasteiger partial charge in [-0.05, 0) is 31.5 Å². The highest BCUT2D eigenvalue weighted by atomic mass is 16.6. The molecule has 2 atom stereocenters. The molecule has 1 aliphatic rings. The van der Waals surface area contributed by atoms with E-state index in [0.29, 0.717) is 17.1 Å². The van der Waals surface area contributed by atoms with Crippen LogP contribution in [0.3, 0.4) is 0 Å². The standard InChI is InChI=1S/C17H21NO6/c1-10(2)7-15(19)24-16(12-9-23-17(20)18-12)11-5-6-13(21-3)14(8-11)22-4/h5-8,12,16H,9H2,1-4H3,(H,18,20)/t12-,16-/m1/s1. The van der Waals surface area contributed by atoms with Crippen LogP contribution in [0.1, 0.15) is 25.5 Å². The van der Waals surface area contributed by atoms with Crippen LogP contribution in [-0.4, -0.2) is 38.9 Å². The molecule has 2 rings (SSSR count). The van der Waals surface area contributed by atoms with Crippen LogP contribution in [0, 0.1) is 0 Å². The smallest absolute Gasteiger partial charge is 0.407 e. The molecule has 1 heterocycles. The van der Waals surface area contributed by atoms with Gasteiger partial charge in [0.15, 0.2) is 17.6 Å². The molecule has 1 aromatic rings. The number of allylic oxidation sites excluding steroid dienone is 1. The van der Waals surface area contributed by atoms with E-state index in [-0.39, 0.29) is 6.61 Å². The van der Waals surface area contributed by atoms with Crippen molar-refractivity contribution in [1.82, 2.24) is 5.32 Å². The molecule has 0 unspecified atom stereocenters. The Kier molecular flexibility index (Phi) is 5.68. The van der Waals surface area contributed by atoms with E-state index in [4.69, 9.17) is 18.9 Å². The van der Waals surface area contributed by atoms with Gasteiger partial charge in [0.05, 0.1) is 14.2 Å². The van der Waals surface area contributed by atoms with Crippen molar-refractivity contribution in [3.8, 4) is 11.5 Å². The number of nitrogens with one attached hydrogen (secondary N) is 1. The Hall–Kier alpha value is -2.70. The molecule has 0 saturated carbocycles. The van der Waals surface area contributed by atoms with Gasteiger partial charge in [-0.2, -0.15) is 0 Å². The van der Waals surface area contributed by atoms with Crippen molar-refractivity contribution in [3.05, 3.63) is 35.4 Å². The summed E-state index contributed by atoms with van der Waals surface area (Å²) in [6.07, 6.45) is 0.147. The molecule has 0 spiro atoms. The zero-order valence-electron chi connectivity index (χ0n) is 14.1. The number of esters is 1. The highest BCUT2D eigenvalue weighted by molar-refractivity contribution is 5.83. The minimum Gasteiger partial charge on any atom is -0.493 e. The number of hydrogen-bond acceptors (Lipinski definition) is 6. The van der Waals surface area contributed by atoms with Crippen LogP contribution in [0.25, 0.3) is 0 Å². The zero-order valence-corrected chi connectivity index (χ0v) is 14.1. The zero-order chi connectivity index (χ0) is 17.7. The summed E-state index contributed by atoms with van der Waals surface area (Å²) in [4.78, 5) is 23.4. The van der Waals surface area contributed by atoms with Gasteiger partial charge in [-0.25, -0.2) is 9.59 Å². The average Bonchev–Trinajstić information content (AvgIpc) is 2.97. The van der Waals surface area contributed by atoms with Crippen molar-refractivity contribution < 1.29 is 28.5 Å². The summed E-state index contributed by atoms with van der Waals surface area (Å²) in [6, 6.07) is 4.70. The molecule has 24 heavy (non-hydrogen) atoms. The van der Waals surface area contributed by atoms with Crippen molar-refractivity contribution in [2.45, 2.75) is 26.0 Å². The molecule has 1 aromatic carbocycles. The number of ether oxygens (including phenoxy) is 4. The van der Waals surface area contributed by atoms with Crippen molar-refractivity contribution in [1.29, 1.82) is 0 Å². The molecule has 1 fully saturated rings. The number of methoxy groups -OCH3 is 2. The summed E-state index contributed by atoms with van der Waals surface area (Å²) in [5.41, 5.74) is 1.48. The van der Waals surface area contributed by atoms with Crippen LogP contribution in [0.2, 0.25) is 0 Å². The van der Waals surface area contributed by atoms with Crippen LogP contribution < -0.4 is 14.8 Å². The maximum absolute atomic E-state index is 12.0. The minimum absolute atomic E-state index is 0.111. The number of cyclic esters (lactones) is 1. The molecule has 0 bridgehead atoms. The quantitative estimate of drug-likeness (QED) is 0.635. The molecular weight excluding hydrogens is 314 g/mol. The first-order chi connectivity index (χ1) is 11.4. The van der Waals surface area contributed by atoms with Crippen molar-refractivity contribution in [3.63, 3.8) is 0 Å². The SMILES string of the molecule is COc1ccc([C@@H](OC(=O)C=C(C)C)[C@H]2COC(=O)N2)cc1OC. The van der Waals surface area contributed by atoms with E-state index in [2.05, 4.69) is 5.32 Å². The third-order valence-electron chi connectivity index (χ3n) is 3.45. The fourth-order valence-corrected chi connectivity index (χ4v) is 2.37. The van der Waals surface area contributed by atoms with E-state index < -0.39 is 24.2 Å². The Morgan fingerprint density at radius 3 is 2.54 bits per heavy atom. The lowest BCUT2D eigenvalue weighted by molar-refractivity contribution is -0.144. The molecular formula is C17H21NO6. The fraction of sp³-hybridized carbons (Fsp3) is 0.412.